The lowest BCUT2D eigenvalue weighted by Gasteiger charge is -2.26. The normalized spacial score (nSPS) is 20.5. The second-order valence-corrected chi connectivity index (χ2v) is 15.3. The summed E-state index contributed by atoms with van der Waals surface area (Å²) in [5.41, 5.74) is 5.05. The number of likely N-dealkylation sites (tertiary alicyclic amines) is 1. The number of nitrogens with one attached hydrogen (secondary N) is 2. The number of nitrogens with zero attached hydrogens (tertiary/aromatic N) is 2. The summed E-state index contributed by atoms with van der Waals surface area (Å²) < 4.78 is 6.11. The van der Waals surface area contributed by atoms with Crippen LogP contribution in [0.3, 0.4) is 0 Å². The van der Waals surface area contributed by atoms with Gasteiger partial charge in [0.25, 0.3) is 5.91 Å². The molecule has 0 bridgehead atoms. The average Bonchev–Trinajstić information content (AvgIpc) is 3.67. The van der Waals surface area contributed by atoms with Gasteiger partial charge in [0.2, 0.25) is 11.7 Å². The fraction of sp³-hybridized carbons (Fsp3) is 0.311. The third-order valence-corrected chi connectivity index (χ3v) is 11.5. The van der Waals surface area contributed by atoms with Crippen molar-refractivity contribution in [2.75, 3.05) is 13.2 Å². The topological polar surface area (TPSA) is 126 Å². The first-order chi connectivity index (χ1) is 26.8. The molecule has 1 saturated carbocycles. The van der Waals surface area contributed by atoms with Crippen molar-refractivity contribution in [3.63, 3.8) is 0 Å². The third-order valence-electron chi connectivity index (χ3n) is 11.5. The average molecular weight is 735 g/mol. The van der Waals surface area contributed by atoms with Crippen molar-refractivity contribution in [3.8, 4) is 11.1 Å². The molecule has 4 aliphatic rings. The summed E-state index contributed by atoms with van der Waals surface area (Å²) in [7, 11) is 0. The molecule has 9 rings (SSSR count). The second kappa shape index (κ2) is 14.0. The molecule has 0 aromatic heterocycles. The minimum atomic E-state index is -1.03. The number of Topliss-reactive ketones (excluding diaryl/α,β-unsaturated/α-hetero) is 1. The molecule has 2 heterocycles. The highest BCUT2D eigenvalue weighted by molar-refractivity contribution is 6.38. The van der Waals surface area contributed by atoms with Crippen LogP contribution in [0.4, 0.5) is 4.79 Å². The van der Waals surface area contributed by atoms with Gasteiger partial charge in [0, 0.05) is 30.4 Å². The molecule has 278 valence electrons. The lowest BCUT2D eigenvalue weighted by atomic mass is 9.87. The van der Waals surface area contributed by atoms with Gasteiger partial charge in [0.05, 0.1) is 18.3 Å². The van der Waals surface area contributed by atoms with Crippen LogP contribution in [0, 0.1) is 0 Å². The van der Waals surface area contributed by atoms with E-state index in [4.69, 9.17) is 9.57 Å². The molecule has 2 aliphatic carbocycles. The number of carbonyl (C=O) groups is 4. The molecule has 10 nitrogen and oxygen atoms in total. The number of ketones is 1. The van der Waals surface area contributed by atoms with Crippen LogP contribution in [0.1, 0.15) is 68.1 Å². The van der Waals surface area contributed by atoms with Crippen molar-refractivity contribution in [1.82, 2.24) is 15.5 Å². The maximum Gasteiger partial charge on any atom is 0.410 e. The summed E-state index contributed by atoms with van der Waals surface area (Å²) in [6, 6.07) is 32.6. The first-order valence-corrected chi connectivity index (χ1v) is 19.2. The number of ether oxygens (including phenoxy) is 1. The quantitative estimate of drug-likeness (QED) is 0.117. The lowest BCUT2D eigenvalue weighted by Crippen LogP contribution is -2.53. The van der Waals surface area contributed by atoms with E-state index < -0.39 is 41.4 Å². The fourth-order valence-corrected chi connectivity index (χ4v) is 8.69. The van der Waals surface area contributed by atoms with Crippen molar-refractivity contribution in [2.24, 2.45) is 5.16 Å². The highest BCUT2D eigenvalue weighted by Crippen LogP contribution is 2.45. The third kappa shape index (κ3) is 6.39. The van der Waals surface area contributed by atoms with Gasteiger partial charge in [-0.05, 0) is 69.1 Å². The van der Waals surface area contributed by atoms with Gasteiger partial charge in [-0.1, -0.05) is 116 Å². The Bertz CT molecular complexity index is 2300. The van der Waals surface area contributed by atoms with E-state index in [9.17, 15) is 19.2 Å². The van der Waals surface area contributed by atoms with Crippen molar-refractivity contribution in [1.29, 1.82) is 0 Å². The second-order valence-electron chi connectivity index (χ2n) is 15.3. The van der Waals surface area contributed by atoms with E-state index >= 15 is 0 Å². The molecule has 1 saturated heterocycles. The Morgan fingerprint density at radius 2 is 1.49 bits per heavy atom. The van der Waals surface area contributed by atoms with Gasteiger partial charge in [-0.25, -0.2) is 4.79 Å². The summed E-state index contributed by atoms with van der Waals surface area (Å²) in [5, 5.41) is 14.5. The minimum Gasteiger partial charge on any atom is -0.448 e. The number of fused-ring (bicyclic) bond motifs is 5. The van der Waals surface area contributed by atoms with Crippen molar-refractivity contribution in [3.05, 3.63) is 120 Å². The van der Waals surface area contributed by atoms with Crippen molar-refractivity contribution < 1.29 is 28.8 Å². The standard InChI is InChI=1S/C45H42N4O6/c1-2-11-37(41(50)43(52)46-29-20-21-29)47-42(51)39-24-45(23-38(48-55-45)40-30-14-5-3-12-27(30)22-28-13-4-6-15-31(28)40)26-49(39)44(53)54-25-36-34-18-9-7-16-32(34)33-17-8-10-19-35(33)36/h3-10,12-19,22,29,36-37,39H,2,11,20-21,23-26H2,1H3,(H,46,52)(H,47,51)/t37-,39-,45+/m0/s1. The van der Waals surface area contributed by atoms with E-state index in [1.807, 2.05) is 55.5 Å². The zero-order valence-electron chi connectivity index (χ0n) is 30.6. The molecular formula is C45H42N4O6. The van der Waals surface area contributed by atoms with Crippen LogP contribution in [0.5, 0.6) is 0 Å². The van der Waals surface area contributed by atoms with E-state index in [1.54, 1.807) is 0 Å². The van der Waals surface area contributed by atoms with Crippen LogP contribution >= 0.6 is 0 Å². The summed E-state index contributed by atoms with van der Waals surface area (Å²) in [6.45, 7) is 2.01. The number of carbonyl (C=O) groups excluding carboxylic acids is 4. The van der Waals surface area contributed by atoms with Crippen LogP contribution in [0.2, 0.25) is 0 Å². The molecule has 1 spiro atoms. The van der Waals surface area contributed by atoms with E-state index in [0.29, 0.717) is 12.8 Å². The Kier molecular flexibility index (Phi) is 8.83. The van der Waals surface area contributed by atoms with Crippen molar-refractivity contribution in [2.45, 2.75) is 75.1 Å². The van der Waals surface area contributed by atoms with E-state index in [2.05, 4.69) is 70.4 Å². The summed E-state index contributed by atoms with van der Waals surface area (Å²) >= 11 is 0. The molecule has 5 aromatic rings. The van der Waals surface area contributed by atoms with E-state index in [0.717, 1.165) is 67.9 Å². The van der Waals surface area contributed by atoms with Crippen LogP contribution in [-0.2, 0) is 24.0 Å². The van der Waals surface area contributed by atoms with Crippen LogP contribution in [0.25, 0.3) is 32.7 Å². The molecule has 2 N–H and O–H groups in total. The van der Waals surface area contributed by atoms with Crippen LogP contribution in [0.15, 0.2) is 108 Å². The molecule has 2 aliphatic heterocycles. The number of oxime groups is 1. The Morgan fingerprint density at radius 1 is 0.873 bits per heavy atom. The summed E-state index contributed by atoms with van der Waals surface area (Å²) in [4.78, 5) is 62.4. The Hall–Kier alpha value is -6.03. The predicted molar refractivity (Wildman–Crippen MR) is 210 cm³/mol. The number of benzene rings is 5. The minimum absolute atomic E-state index is 0.000690. The molecule has 0 unspecified atom stereocenters. The first kappa shape index (κ1) is 34.7. The number of amides is 3. The number of hydrogen-bond acceptors (Lipinski definition) is 7. The predicted octanol–water partition coefficient (Wildman–Crippen LogP) is 7.01. The number of rotatable bonds is 10. The summed E-state index contributed by atoms with van der Waals surface area (Å²) in [6.07, 6.45) is 2.34. The highest BCUT2D eigenvalue weighted by atomic mass is 16.7. The largest absolute Gasteiger partial charge is 0.448 e. The maximum absolute atomic E-state index is 14.3. The first-order valence-electron chi connectivity index (χ1n) is 19.2. The molecule has 2 fully saturated rings. The van der Waals surface area contributed by atoms with Gasteiger partial charge in [0.15, 0.2) is 5.60 Å². The molecular weight excluding hydrogens is 693 g/mol. The molecule has 10 heteroatoms. The van der Waals surface area contributed by atoms with Gasteiger partial charge >= 0.3 is 6.09 Å². The lowest BCUT2D eigenvalue weighted by molar-refractivity contribution is -0.140. The van der Waals surface area contributed by atoms with Gasteiger partial charge in [-0.15, -0.1) is 0 Å². The van der Waals surface area contributed by atoms with Crippen LogP contribution in [-0.4, -0.2) is 71.2 Å². The molecule has 0 radical (unpaired) electrons. The fourth-order valence-electron chi connectivity index (χ4n) is 8.69. The Balaban J connectivity index is 1.00. The monoisotopic (exact) mass is 734 g/mol. The van der Waals surface area contributed by atoms with Gasteiger partial charge < -0.3 is 20.2 Å². The van der Waals surface area contributed by atoms with E-state index in [-0.39, 0.29) is 38.0 Å². The molecule has 3 atom stereocenters. The molecule has 3 amide bonds. The smallest absolute Gasteiger partial charge is 0.410 e. The SMILES string of the molecule is CCC[C@H](NC(=O)[C@@H]1C[C@]2(CC(c3c4ccccc4cc4ccccc34)=NO2)CN1C(=O)OCC1c2ccccc2-c2ccccc21)C(=O)C(=O)NC1CC1. The number of hydrogen-bond donors (Lipinski definition) is 2. The maximum atomic E-state index is 14.3. The zero-order chi connectivity index (χ0) is 37.7. The molecule has 5 aromatic carbocycles. The van der Waals surface area contributed by atoms with Crippen LogP contribution < -0.4 is 10.6 Å². The van der Waals surface area contributed by atoms with E-state index in [1.165, 1.54) is 4.90 Å². The zero-order valence-corrected chi connectivity index (χ0v) is 30.6. The molecule has 55 heavy (non-hydrogen) atoms. The van der Waals surface area contributed by atoms with Gasteiger partial charge in [0.1, 0.15) is 12.6 Å². The summed E-state index contributed by atoms with van der Waals surface area (Å²) in [5.74, 6) is -2.09. The Labute approximate surface area is 318 Å². The van der Waals surface area contributed by atoms with Gasteiger partial charge in [-0.3, -0.25) is 19.3 Å². The Morgan fingerprint density at radius 3 is 2.13 bits per heavy atom. The van der Waals surface area contributed by atoms with Gasteiger partial charge in [-0.2, -0.15) is 0 Å². The highest BCUT2D eigenvalue weighted by Gasteiger charge is 2.55. The van der Waals surface area contributed by atoms with Crippen molar-refractivity contribution >= 4 is 50.9 Å².